The van der Waals surface area contributed by atoms with E-state index in [0.29, 0.717) is 26.9 Å². The van der Waals surface area contributed by atoms with Gasteiger partial charge in [0.25, 0.3) is 0 Å². The van der Waals surface area contributed by atoms with E-state index in [2.05, 4.69) is 20.9 Å². The lowest BCUT2D eigenvalue weighted by Gasteiger charge is -2.05. The summed E-state index contributed by atoms with van der Waals surface area (Å²) in [5.74, 6) is -0.279. The molecular formula is C18H10BrNO5. The van der Waals surface area contributed by atoms with Crippen LogP contribution in [0.1, 0.15) is 21.5 Å². The van der Waals surface area contributed by atoms with Gasteiger partial charge in [-0.1, -0.05) is 18.2 Å². The third-order valence-electron chi connectivity index (χ3n) is 3.80. The summed E-state index contributed by atoms with van der Waals surface area (Å²) in [6.07, 6.45) is 0. The van der Waals surface area contributed by atoms with Gasteiger partial charge in [0.1, 0.15) is 5.75 Å². The fourth-order valence-electron chi connectivity index (χ4n) is 2.61. The number of hydrogen-bond donors (Lipinski definition) is 0. The van der Waals surface area contributed by atoms with E-state index in [9.17, 15) is 9.59 Å². The number of halogens is 1. The molecule has 2 aromatic rings. The Labute approximate surface area is 150 Å². The van der Waals surface area contributed by atoms with Crippen molar-refractivity contribution in [3.63, 3.8) is 0 Å². The lowest BCUT2D eigenvalue weighted by atomic mass is 10.1. The number of cyclic esters (lactones) is 2. The van der Waals surface area contributed by atoms with Gasteiger partial charge in [-0.05, 0) is 40.2 Å². The molecule has 2 aliphatic rings. The van der Waals surface area contributed by atoms with Crippen molar-refractivity contribution in [2.45, 2.75) is 0 Å². The van der Waals surface area contributed by atoms with E-state index < -0.39 is 11.9 Å². The summed E-state index contributed by atoms with van der Waals surface area (Å²) in [4.78, 5) is 28.4. The second kappa shape index (κ2) is 5.86. The number of methoxy groups -OCH3 is 1. The Kier molecular flexibility index (Phi) is 3.65. The van der Waals surface area contributed by atoms with Gasteiger partial charge in [0, 0.05) is 11.1 Å². The number of nitrogens with zero attached hydrogens (tertiary/aromatic N) is 1. The number of fused-ring (bicyclic) bond motifs is 1. The van der Waals surface area contributed by atoms with Crippen molar-refractivity contribution in [3.05, 3.63) is 69.3 Å². The van der Waals surface area contributed by atoms with Crippen molar-refractivity contribution in [1.82, 2.24) is 0 Å². The average Bonchev–Trinajstić information content (AvgIpc) is 3.15. The molecule has 25 heavy (non-hydrogen) atoms. The maximum absolute atomic E-state index is 12.2. The van der Waals surface area contributed by atoms with Crippen molar-refractivity contribution in [1.29, 1.82) is 0 Å². The highest BCUT2D eigenvalue weighted by Crippen LogP contribution is 2.35. The predicted octanol–water partition coefficient (Wildman–Crippen LogP) is 3.30. The van der Waals surface area contributed by atoms with Crippen LogP contribution in [-0.4, -0.2) is 24.9 Å². The lowest BCUT2D eigenvalue weighted by molar-refractivity contribution is -0.130. The zero-order valence-corrected chi connectivity index (χ0v) is 14.5. The Bertz CT molecular complexity index is 993. The number of aliphatic imine (C=N–C) groups is 1. The summed E-state index contributed by atoms with van der Waals surface area (Å²) in [5.41, 5.74) is 1.49. The molecule has 6 nitrogen and oxygen atoms in total. The zero-order valence-electron chi connectivity index (χ0n) is 12.9. The number of benzene rings is 2. The van der Waals surface area contributed by atoms with Gasteiger partial charge in [0.15, 0.2) is 11.5 Å². The molecule has 0 aromatic heterocycles. The molecule has 0 aliphatic carbocycles. The van der Waals surface area contributed by atoms with E-state index in [1.807, 2.05) is 0 Å². The van der Waals surface area contributed by atoms with Gasteiger partial charge in [0.2, 0.25) is 5.90 Å². The molecule has 0 spiro atoms. The zero-order chi connectivity index (χ0) is 17.6. The van der Waals surface area contributed by atoms with E-state index in [4.69, 9.17) is 14.2 Å². The molecule has 0 amide bonds. The molecule has 0 radical (unpaired) electrons. The van der Waals surface area contributed by atoms with Gasteiger partial charge in [-0.3, -0.25) is 0 Å². The van der Waals surface area contributed by atoms with Crippen molar-refractivity contribution >= 4 is 39.5 Å². The van der Waals surface area contributed by atoms with Crippen LogP contribution in [0.25, 0.3) is 5.76 Å². The van der Waals surface area contributed by atoms with Gasteiger partial charge in [-0.25, -0.2) is 14.6 Å². The molecule has 124 valence electrons. The van der Waals surface area contributed by atoms with Crippen molar-refractivity contribution in [3.8, 4) is 5.75 Å². The molecule has 0 atom stereocenters. The summed E-state index contributed by atoms with van der Waals surface area (Å²) < 4.78 is 16.4. The fraction of sp³-hybridized carbons (Fsp3) is 0.0556. The number of ether oxygens (including phenoxy) is 3. The summed E-state index contributed by atoms with van der Waals surface area (Å²) in [7, 11) is 1.56. The molecule has 0 N–H and O–H groups in total. The van der Waals surface area contributed by atoms with E-state index in [1.54, 1.807) is 49.6 Å². The Morgan fingerprint density at radius 1 is 1.00 bits per heavy atom. The van der Waals surface area contributed by atoms with Crippen LogP contribution >= 0.6 is 15.9 Å². The first-order valence-electron chi connectivity index (χ1n) is 7.29. The molecule has 0 saturated carbocycles. The van der Waals surface area contributed by atoms with Crippen molar-refractivity contribution < 1.29 is 23.8 Å². The minimum absolute atomic E-state index is 0.0276. The van der Waals surface area contributed by atoms with Crippen LogP contribution in [0.5, 0.6) is 5.75 Å². The Morgan fingerprint density at radius 3 is 2.48 bits per heavy atom. The van der Waals surface area contributed by atoms with Crippen LogP contribution in [-0.2, 0) is 14.3 Å². The lowest BCUT2D eigenvalue weighted by Crippen LogP contribution is -2.06. The highest BCUT2D eigenvalue weighted by atomic mass is 79.9. The summed E-state index contributed by atoms with van der Waals surface area (Å²) in [5, 5.41) is 0. The van der Waals surface area contributed by atoms with Gasteiger partial charge >= 0.3 is 11.9 Å². The third kappa shape index (κ3) is 2.53. The van der Waals surface area contributed by atoms with Crippen LogP contribution in [0.2, 0.25) is 0 Å². The Hall–Kier alpha value is -2.93. The minimum atomic E-state index is -0.665. The maximum Gasteiger partial charge on any atom is 0.367 e. The van der Waals surface area contributed by atoms with Gasteiger partial charge in [-0.15, -0.1) is 0 Å². The molecule has 7 heteroatoms. The summed E-state index contributed by atoms with van der Waals surface area (Å²) in [6, 6.07) is 12.0. The quantitative estimate of drug-likeness (QED) is 0.572. The fourth-order valence-corrected chi connectivity index (χ4v) is 3.15. The molecule has 4 rings (SSSR count). The van der Waals surface area contributed by atoms with Crippen LogP contribution in [0.4, 0.5) is 0 Å². The largest absolute Gasteiger partial charge is 0.496 e. The first-order valence-corrected chi connectivity index (χ1v) is 8.08. The van der Waals surface area contributed by atoms with Crippen LogP contribution < -0.4 is 4.74 Å². The molecule has 0 saturated heterocycles. The number of carbonyl (C=O) groups excluding carboxylic acids is 2. The molecule has 0 bridgehead atoms. The summed E-state index contributed by atoms with van der Waals surface area (Å²) in [6.45, 7) is 0. The SMILES string of the molecule is COc1ccc(C2=NC(=C3OC(=O)c4ccccc43)C(=O)O2)cc1Br. The van der Waals surface area contributed by atoms with E-state index in [0.717, 1.165) is 0 Å². The molecule has 0 unspecified atom stereocenters. The molecule has 2 heterocycles. The monoisotopic (exact) mass is 399 g/mol. The normalized spacial score (nSPS) is 18.6. The topological polar surface area (TPSA) is 74.2 Å². The standard InChI is InChI=1S/C18H10BrNO5/c1-23-13-7-6-9(8-12(13)19)16-20-14(18(22)25-16)15-10-4-2-3-5-11(10)17(21)24-15/h2-8H,1H3. The molecular weight excluding hydrogens is 390 g/mol. The van der Waals surface area contributed by atoms with Crippen molar-refractivity contribution in [2.75, 3.05) is 7.11 Å². The smallest absolute Gasteiger partial charge is 0.367 e. The first-order chi connectivity index (χ1) is 12.1. The van der Waals surface area contributed by atoms with Gasteiger partial charge in [-0.2, -0.15) is 0 Å². The molecule has 2 aromatic carbocycles. The average molecular weight is 400 g/mol. The van der Waals surface area contributed by atoms with Crippen LogP contribution in [0.15, 0.2) is 57.6 Å². The van der Waals surface area contributed by atoms with E-state index in [-0.39, 0.29) is 17.4 Å². The first kappa shape index (κ1) is 15.6. The second-order valence-corrected chi connectivity index (χ2v) is 6.12. The van der Waals surface area contributed by atoms with E-state index >= 15 is 0 Å². The maximum atomic E-state index is 12.2. The highest BCUT2D eigenvalue weighted by molar-refractivity contribution is 9.10. The Morgan fingerprint density at radius 2 is 1.76 bits per heavy atom. The molecule has 2 aliphatic heterocycles. The summed E-state index contributed by atoms with van der Waals surface area (Å²) >= 11 is 3.38. The minimum Gasteiger partial charge on any atom is -0.496 e. The highest BCUT2D eigenvalue weighted by Gasteiger charge is 2.35. The third-order valence-corrected chi connectivity index (χ3v) is 4.42. The van der Waals surface area contributed by atoms with Crippen LogP contribution in [0, 0.1) is 0 Å². The Balaban J connectivity index is 1.79. The second-order valence-electron chi connectivity index (χ2n) is 5.27. The van der Waals surface area contributed by atoms with Gasteiger partial charge in [0.05, 0.1) is 17.1 Å². The molecule has 0 fully saturated rings. The van der Waals surface area contributed by atoms with Crippen molar-refractivity contribution in [2.24, 2.45) is 4.99 Å². The number of carbonyl (C=O) groups is 2. The van der Waals surface area contributed by atoms with Gasteiger partial charge < -0.3 is 14.2 Å². The predicted molar refractivity (Wildman–Crippen MR) is 92.1 cm³/mol. The number of rotatable bonds is 2. The van der Waals surface area contributed by atoms with E-state index in [1.165, 1.54) is 0 Å². The number of hydrogen-bond acceptors (Lipinski definition) is 6. The van der Waals surface area contributed by atoms with Crippen LogP contribution in [0.3, 0.4) is 0 Å². The number of esters is 2.